The van der Waals surface area contributed by atoms with E-state index < -0.39 is 55.7 Å². The standard InChI is InChI=1S/2C33H33F2N3O4.C17H25N3O4.C16H10Cl2F2/c2*1-2-3-12-42-31-29(39)8-11-37-30(31)32(40)36(19-21-9-13-41-14-10-21)20-38(37)33-24(15-22-6-4-5-7-25(22)33)16-23-17-27(34)28(35)18-26(23)33;1-2-3-8-24-16-14(21)4-7-20-15(16)17(22)19(12-18-20)11-13-5-9-23-10-6-13;17-15-7-9-3-1-2-4-11(9)16(15,18)12-6-14(20)13(19)5-10(12)8-15/h4-8,11,16-18,21H,2-3,9-10,12-15,19-20H2,1H3;4-8,11,15,17-18,21H,2-3,9-10,12-14,16,19-20H2,1H3;4,7,13,18H,2-3,5-6,8-12H2,1H3;1-6H,7-8H2. The normalized spacial score (nSPS) is 22.0. The zero-order valence-corrected chi connectivity index (χ0v) is 73.2. The van der Waals surface area contributed by atoms with Crippen LogP contribution in [0.25, 0.3) is 12.2 Å². The van der Waals surface area contributed by atoms with E-state index in [1.807, 2.05) is 96.7 Å². The molecule has 29 heteroatoms. The fourth-order valence-electron chi connectivity index (χ4n) is 20.9. The molecule has 3 saturated heterocycles. The molecule has 0 saturated carbocycles. The number of hydrogen-bond acceptors (Lipinski definition) is 15. The van der Waals surface area contributed by atoms with Crippen LogP contribution >= 0.6 is 23.2 Å². The number of nitrogens with zero attached hydrogens (tertiary/aromatic N) is 8. The fraction of sp³-hybridized carbons (Fsp3) is 0.414. The van der Waals surface area contributed by atoms with Gasteiger partial charge in [-0.3, -0.25) is 52.8 Å². The van der Waals surface area contributed by atoms with Crippen LogP contribution in [0.4, 0.5) is 26.3 Å². The van der Waals surface area contributed by atoms with Gasteiger partial charge in [-0.25, -0.2) is 26.3 Å². The molecule has 6 aromatic carbocycles. The van der Waals surface area contributed by atoms with E-state index in [9.17, 15) is 46.3 Å². The van der Waals surface area contributed by atoms with Gasteiger partial charge in [-0.05, 0) is 216 Å². The van der Waals surface area contributed by atoms with Crippen molar-refractivity contribution < 1.29 is 69.1 Å². The Labute approximate surface area is 747 Å². The number of hydrogen-bond donors (Lipinski definition) is 1. The molecule has 9 aromatic rings. The quantitative estimate of drug-likeness (QED) is 0.0429. The maximum absolute atomic E-state index is 15.0. The van der Waals surface area contributed by atoms with E-state index >= 15 is 8.78 Å². The van der Waals surface area contributed by atoms with Crippen LogP contribution in [-0.2, 0) is 55.8 Å². The highest BCUT2D eigenvalue weighted by atomic mass is 35.5. The maximum atomic E-state index is 15.0. The van der Waals surface area contributed by atoms with E-state index in [1.165, 1.54) is 54.6 Å². The van der Waals surface area contributed by atoms with Crippen molar-refractivity contribution in [1.29, 1.82) is 0 Å². The second kappa shape index (κ2) is 36.1. The number of fused-ring (bicyclic) bond motifs is 18. The van der Waals surface area contributed by atoms with E-state index in [0.717, 1.165) is 135 Å². The lowest BCUT2D eigenvalue weighted by molar-refractivity contribution is 0.0397. The second-order valence-electron chi connectivity index (χ2n) is 35.1. The van der Waals surface area contributed by atoms with Gasteiger partial charge < -0.3 is 48.5 Å². The van der Waals surface area contributed by atoms with Crippen LogP contribution in [0.2, 0.25) is 0 Å². The minimum Gasteiger partial charge on any atom is -0.487 e. The van der Waals surface area contributed by atoms with E-state index in [0.29, 0.717) is 143 Å². The summed E-state index contributed by atoms with van der Waals surface area (Å²) < 4.78 is 125. The Balaban J connectivity index is 0.000000121. The minimum absolute atomic E-state index is 0.0225. The third-order valence-electron chi connectivity index (χ3n) is 27.2. The Morgan fingerprint density at radius 2 is 0.820 bits per heavy atom. The van der Waals surface area contributed by atoms with Crippen LogP contribution in [0.3, 0.4) is 0 Å². The van der Waals surface area contributed by atoms with Crippen molar-refractivity contribution >= 4 is 53.1 Å². The Morgan fingerprint density at radius 3 is 1.36 bits per heavy atom. The number of pyridine rings is 3. The summed E-state index contributed by atoms with van der Waals surface area (Å²) in [7, 11) is 0. The van der Waals surface area contributed by atoms with Crippen molar-refractivity contribution in [3.05, 3.63) is 307 Å². The number of rotatable bonds is 20. The van der Waals surface area contributed by atoms with Crippen LogP contribution in [-0.4, -0.2) is 150 Å². The Hall–Kier alpha value is -11.1. The highest BCUT2D eigenvalue weighted by Gasteiger charge is 2.63. The van der Waals surface area contributed by atoms with Crippen LogP contribution in [0.15, 0.2) is 172 Å². The molecule has 9 heterocycles. The number of ether oxygens (including phenoxy) is 6. The number of benzene rings is 6. The molecule has 0 bridgehead atoms. The van der Waals surface area contributed by atoms with Gasteiger partial charge in [-0.15, -0.1) is 23.2 Å². The molecule has 3 amide bonds. The molecule has 12 aliphatic rings. The minimum atomic E-state index is -1.01. The van der Waals surface area contributed by atoms with E-state index in [4.69, 9.17) is 51.6 Å². The third-order valence-corrected chi connectivity index (χ3v) is 28.6. The van der Waals surface area contributed by atoms with E-state index in [-0.39, 0.29) is 87.8 Å². The second-order valence-corrected chi connectivity index (χ2v) is 36.4. The largest absolute Gasteiger partial charge is 0.487 e. The Kier molecular flexibility index (Phi) is 24.7. The SMILES string of the molecule is CCCCOc1c2n(ccc1=O)N(C13C(=Cc4cc(F)c(F)cc41)Cc1ccccc13)CN(CC1CCOCC1)C2=O.CCCCOc1c2n(ccc1=O)N(C13C(=Cc4ccccc41)Cc1cc(F)c(F)cc13)CN(CC1CCOCC1)C2=O.CCCCOc1c2n(ccc1=O)NCN(CC1CCOCC1)C2=O.Fc1cc2c(cc1F)C1(Cl)c3ccccc3CC1(Cl)C2. The highest BCUT2D eigenvalue weighted by molar-refractivity contribution is 6.38. The van der Waals surface area contributed by atoms with Crippen LogP contribution in [0, 0.1) is 52.7 Å². The van der Waals surface area contributed by atoms with Gasteiger partial charge in [-0.1, -0.05) is 125 Å². The van der Waals surface area contributed by atoms with Crippen LogP contribution in [0.5, 0.6) is 17.2 Å². The number of halogens is 8. The lowest BCUT2D eigenvalue weighted by Crippen LogP contribution is -2.63. The van der Waals surface area contributed by atoms with Crippen molar-refractivity contribution in [3.63, 3.8) is 0 Å². The first-order chi connectivity index (χ1) is 62.0. The zero-order chi connectivity index (χ0) is 89.1. The summed E-state index contributed by atoms with van der Waals surface area (Å²) in [5, 5.41) is 4.08. The molecule has 3 aromatic heterocycles. The topological polar surface area (TPSA) is 201 Å². The molecule has 3 fully saturated rings. The molecule has 128 heavy (non-hydrogen) atoms. The van der Waals surface area contributed by atoms with Crippen molar-refractivity contribution in [1.82, 2.24) is 28.7 Å². The van der Waals surface area contributed by atoms with Crippen molar-refractivity contribution in [2.45, 2.75) is 144 Å². The van der Waals surface area contributed by atoms with E-state index in [1.54, 1.807) is 47.3 Å². The molecule has 0 radical (unpaired) electrons. The maximum Gasteiger partial charge on any atom is 0.277 e. The number of alkyl halides is 2. The number of aromatic nitrogens is 3. The molecular weight excluding hydrogens is 1690 g/mol. The van der Waals surface area contributed by atoms with Gasteiger partial charge in [0.15, 0.2) is 69.2 Å². The Bertz CT molecular complexity index is 5990. The van der Waals surface area contributed by atoms with Gasteiger partial charge in [0.2, 0.25) is 16.3 Å². The van der Waals surface area contributed by atoms with Gasteiger partial charge in [-0.2, -0.15) is 0 Å². The molecule has 0 spiro atoms. The summed E-state index contributed by atoms with van der Waals surface area (Å²) in [6.07, 6.45) is 21.2. The molecule has 21 nitrogen and oxygen atoms in total. The number of carbonyl (C=O) groups excluding carboxylic acids is 3. The summed E-state index contributed by atoms with van der Waals surface area (Å²) in [6, 6.07) is 35.5. The molecule has 1 N–H and O–H groups in total. The molecular formula is C99H101Cl2F6N9O12. The molecule has 4 atom stereocenters. The summed E-state index contributed by atoms with van der Waals surface area (Å²) in [4.78, 5) is 83.6. The summed E-state index contributed by atoms with van der Waals surface area (Å²) in [5.41, 5.74) is 12.4. The van der Waals surface area contributed by atoms with Crippen LogP contribution < -0.4 is 45.9 Å². The van der Waals surface area contributed by atoms with Gasteiger partial charge in [0.05, 0.1) is 24.7 Å². The average molecular weight is 1790 g/mol. The fourth-order valence-corrected chi connectivity index (χ4v) is 21.8. The molecule has 4 unspecified atom stereocenters. The summed E-state index contributed by atoms with van der Waals surface area (Å²) in [5.74, 6) is -4.96. The summed E-state index contributed by atoms with van der Waals surface area (Å²) in [6.45, 7) is 13.7. The first-order valence-electron chi connectivity index (χ1n) is 44.6. The lowest BCUT2D eigenvalue weighted by atomic mass is 9.83. The smallest absolute Gasteiger partial charge is 0.277 e. The predicted molar refractivity (Wildman–Crippen MR) is 473 cm³/mol. The first kappa shape index (κ1) is 87.6. The van der Waals surface area contributed by atoms with Crippen molar-refractivity contribution in [3.8, 4) is 17.2 Å². The molecule has 670 valence electrons. The predicted octanol–water partition coefficient (Wildman–Crippen LogP) is 15.9. The number of unbranched alkanes of at least 4 members (excludes halogenated alkanes) is 3. The van der Waals surface area contributed by atoms with Gasteiger partial charge in [0, 0.05) is 96.1 Å². The van der Waals surface area contributed by atoms with Gasteiger partial charge in [0.1, 0.15) is 36.0 Å². The highest BCUT2D eigenvalue weighted by Crippen LogP contribution is 2.64. The Morgan fingerprint density at radius 1 is 0.414 bits per heavy atom. The van der Waals surface area contributed by atoms with Crippen molar-refractivity contribution in [2.75, 3.05) is 115 Å². The van der Waals surface area contributed by atoms with E-state index in [2.05, 4.69) is 24.5 Å². The first-order valence-corrected chi connectivity index (χ1v) is 45.4. The van der Waals surface area contributed by atoms with Crippen LogP contribution in [0.1, 0.15) is 196 Å². The van der Waals surface area contributed by atoms with Gasteiger partial charge in [0.25, 0.3) is 17.7 Å². The number of amides is 3. The number of nitrogens with one attached hydrogen (secondary N) is 1. The van der Waals surface area contributed by atoms with Gasteiger partial charge >= 0.3 is 0 Å². The number of carbonyl (C=O) groups is 3. The zero-order valence-electron chi connectivity index (χ0n) is 71.7. The average Bonchev–Trinajstić information content (AvgIpc) is 1.30. The molecule has 21 rings (SSSR count). The lowest BCUT2D eigenvalue weighted by Gasteiger charge is -2.50. The monoisotopic (exact) mass is 1790 g/mol. The molecule has 6 aliphatic heterocycles. The van der Waals surface area contributed by atoms with Crippen molar-refractivity contribution in [2.24, 2.45) is 17.8 Å². The molecule has 6 aliphatic carbocycles. The summed E-state index contributed by atoms with van der Waals surface area (Å²) >= 11 is 13.6. The third kappa shape index (κ3) is 15.3.